The minimum absolute atomic E-state index is 0.360. The van der Waals surface area contributed by atoms with Gasteiger partial charge in [-0.1, -0.05) is 6.92 Å². The van der Waals surface area contributed by atoms with Gasteiger partial charge in [-0.2, -0.15) is 0 Å². The zero-order chi connectivity index (χ0) is 12.0. The molecule has 0 bridgehead atoms. The van der Waals surface area contributed by atoms with Gasteiger partial charge in [-0.25, -0.2) is 9.97 Å². The summed E-state index contributed by atoms with van der Waals surface area (Å²) in [4.78, 5) is 8.71. The van der Waals surface area contributed by atoms with E-state index in [4.69, 9.17) is 4.74 Å². The van der Waals surface area contributed by atoms with Gasteiger partial charge in [-0.3, -0.25) is 0 Å². The summed E-state index contributed by atoms with van der Waals surface area (Å²) >= 11 is 0. The van der Waals surface area contributed by atoms with Gasteiger partial charge in [0.15, 0.2) is 0 Å². The Morgan fingerprint density at radius 2 is 2.19 bits per heavy atom. The minimum Gasteiger partial charge on any atom is -0.385 e. The first-order valence-electron chi connectivity index (χ1n) is 5.75. The van der Waals surface area contributed by atoms with Gasteiger partial charge in [0.25, 0.3) is 0 Å². The Kier molecular flexibility index (Phi) is 5.19. The number of anilines is 1. The number of aryl methyl sites for hydroxylation is 2. The molecule has 0 saturated heterocycles. The predicted molar refractivity (Wildman–Crippen MR) is 65.7 cm³/mol. The van der Waals surface area contributed by atoms with Crippen LogP contribution in [0.5, 0.6) is 0 Å². The summed E-state index contributed by atoms with van der Waals surface area (Å²) in [5.74, 6) is 1.73. The molecule has 1 atom stereocenters. The van der Waals surface area contributed by atoms with E-state index in [0.29, 0.717) is 6.04 Å². The molecule has 1 N–H and O–H groups in total. The highest BCUT2D eigenvalue weighted by atomic mass is 16.5. The Labute approximate surface area is 97.5 Å². The fraction of sp³-hybridized carbons (Fsp3) is 0.667. The number of nitrogens with one attached hydrogen (secondary N) is 1. The largest absolute Gasteiger partial charge is 0.385 e. The van der Waals surface area contributed by atoms with Gasteiger partial charge >= 0.3 is 0 Å². The molecule has 1 rings (SSSR count). The van der Waals surface area contributed by atoms with Crippen molar-refractivity contribution in [3.63, 3.8) is 0 Å². The van der Waals surface area contributed by atoms with Crippen LogP contribution in [0.25, 0.3) is 0 Å². The van der Waals surface area contributed by atoms with Crippen molar-refractivity contribution >= 4 is 5.82 Å². The fourth-order valence-corrected chi connectivity index (χ4v) is 1.50. The summed E-state index contributed by atoms with van der Waals surface area (Å²) in [6, 6.07) is 2.37. The number of nitrogens with zero attached hydrogens (tertiary/aromatic N) is 2. The summed E-state index contributed by atoms with van der Waals surface area (Å²) < 4.78 is 5.05. The maximum atomic E-state index is 5.05. The van der Waals surface area contributed by atoms with E-state index in [2.05, 4.69) is 29.1 Å². The Bertz CT molecular complexity index is 328. The normalized spacial score (nSPS) is 12.5. The van der Waals surface area contributed by atoms with E-state index < -0.39 is 0 Å². The maximum Gasteiger partial charge on any atom is 0.130 e. The summed E-state index contributed by atoms with van der Waals surface area (Å²) in [5.41, 5.74) is 1.08. The first kappa shape index (κ1) is 12.9. The first-order valence-corrected chi connectivity index (χ1v) is 5.75. The lowest BCUT2D eigenvalue weighted by atomic mass is 10.2. The monoisotopic (exact) mass is 223 g/mol. The van der Waals surface area contributed by atoms with E-state index >= 15 is 0 Å². The van der Waals surface area contributed by atoms with Crippen LogP contribution in [0, 0.1) is 6.92 Å². The summed E-state index contributed by atoms with van der Waals surface area (Å²) in [6.07, 6.45) is 1.91. The molecule has 16 heavy (non-hydrogen) atoms. The molecule has 0 radical (unpaired) electrons. The third-order valence-corrected chi connectivity index (χ3v) is 2.40. The van der Waals surface area contributed by atoms with Crippen LogP contribution in [-0.2, 0) is 11.2 Å². The van der Waals surface area contributed by atoms with Crippen LogP contribution in [0.1, 0.15) is 31.8 Å². The van der Waals surface area contributed by atoms with Crippen LogP contribution in [0.2, 0.25) is 0 Å². The Morgan fingerprint density at radius 1 is 1.44 bits per heavy atom. The predicted octanol–water partition coefficient (Wildman–Crippen LogP) is 2.18. The van der Waals surface area contributed by atoms with Crippen molar-refractivity contribution in [1.82, 2.24) is 9.97 Å². The van der Waals surface area contributed by atoms with E-state index in [-0.39, 0.29) is 0 Å². The SMILES string of the molecule is CCc1cc(NC(C)CCOC)nc(C)n1. The van der Waals surface area contributed by atoms with Gasteiger partial charge in [0.05, 0.1) is 0 Å². The van der Waals surface area contributed by atoms with Crippen LogP contribution in [0.4, 0.5) is 5.82 Å². The fourth-order valence-electron chi connectivity index (χ4n) is 1.50. The molecule has 0 amide bonds. The van der Waals surface area contributed by atoms with Crippen LogP contribution in [-0.4, -0.2) is 29.7 Å². The van der Waals surface area contributed by atoms with Crippen LogP contribution in [0.15, 0.2) is 6.07 Å². The minimum atomic E-state index is 0.360. The lowest BCUT2D eigenvalue weighted by Crippen LogP contribution is -2.18. The van der Waals surface area contributed by atoms with Gasteiger partial charge in [0.1, 0.15) is 11.6 Å². The summed E-state index contributed by atoms with van der Waals surface area (Å²) in [5, 5.41) is 3.36. The molecule has 0 aliphatic rings. The van der Waals surface area contributed by atoms with Crippen molar-refractivity contribution in [2.75, 3.05) is 19.0 Å². The molecule has 1 heterocycles. The lowest BCUT2D eigenvalue weighted by Gasteiger charge is -2.14. The zero-order valence-electron chi connectivity index (χ0n) is 10.6. The van der Waals surface area contributed by atoms with Crippen LogP contribution < -0.4 is 5.32 Å². The van der Waals surface area contributed by atoms with Crippen LogP contribution >= 0.6 is 0 Å². The molecular weight excluding hydrogens is 202 g/mol. The summed E-state index contributed by atoms with van der Waals surface area (Å²) in [6.45, 7) is 6.91. The zero-order valence-corrected chi connectivity index (χ0v) is 10.6. The summed E-state index contributed by atoms with van der Waals surface area (Å²) in [7, 11) is 1.72. The van der Waals surface area contributed by atoms with E-state index in [1.807, 2.05) is 13.0 Å². The van der Waals surface area contributed by atoms with Crippen molar-refractivity contribution in [2.45, 2.75) is 39.7 Å². The Morgan fingerprint density at radius 3 is 2.81 bits per heavy atom. The molecule has 0 aliphatic heterocycles. The standard InChI is InChI=1S/C12H21N3O/c1-5-11-8-12(15-10(3)14-11)13-9(2)6-7-16-4/h8-9H,5-7H2,1-4H3,(H,13,14,15). The third kappa shape index (κ3) is 4.14. The van der Waals surface area contributed by atoms with Crippen molar-refractivity contribution in [2.24, 2.45) is 0 Å². The highest BCUT2D eigenvalue weighted by Crippen LogP contribution is 2.09. The second-order valence-corrected chi connectivity index (χ2v) is 3.97. The lowest BCUT2D eigenvalue weighted by molar-refractivity contribution is 0.191. The van der Waals surface area contributed by atoms with Gasteiger partial charge in [0.2, 0.25) is 0 Å². The first-order chi connectivity index (χ1) is 7.65. The van der Waals surface area contributed by atoms with Gasteiger partial charge in [-0.05, 0) is 26.7 Å². The molecule has 0 spiro atoms. The molecule has 0 aromatic carbocycles. The van der Waals surface area contributed by atoms with Crippen LogP contribution in [0.3, 0.4) is 0 Å². The highest BCUT2D eigenvalue weighted by Gasteiger charge is 2.04. The van der Waals surface area contributed by atoms with Crippen molar-refractivity contribution in [3.05, 3.63) is 17.6 Å². The number of hydrogen-bond acceptors (Lipinski definition) is 4. The topological polar surface area (TPSA) is 47.0 Å². The molecular formula is C12H21N3O. The van der Waals surface area contributed by atoms with E-state index in [1.54, 1.807) is 7.11 Å². The second-order valence-electron chi connectivity index (χ2n) is 3.97. The van der Waals surface area contributed by atoms with Crippen molar-refractivity contribution < 1.29 is 4.74 Å². The third-order valence-electron chi connectivity index (χ3n) is 2.40. The van der Waals surface area contributed by atoms with Crippen molar-refractivity contribution in [3.8, 4) is 0 Å². The quantitative estimate of drug-likeness (QED) is 0.803. The van der Waals surface area contributed by atoms with E-state index in [9.17, 15) is 0 Å². The van der Waals surface area contributed by atoms with Gasteiger partial charge < -0.3 is 10.1 Å². The second kappa shape index (κ2) is 6.43. The molecule has 1 aromatic rings. The molecule has 1 unspecified atom stereocenters. The average Bonchev–Trinajstić information content (AvgIpc) is 2.25. The molecule has 0 aliphatic carbocycles. The van der Waals surface area contributed by atoms with Gasteiger partial charge in [-0.15, -0.1) is 0 Å². The molecule has 4 nitrogen and oxygen atoms in total. The number of aromatic nitrogens is 2. The molecule has 0 fully saturated rings. The maximum absolute atomic E-state index is 5.05. The number of ether oxygens (including phenoxy) is 1. The number of hydrogen-bond donors (Lipinski definition) is 1. The number of rotatable bonds is 6. The highest BCUT2D eigenvalue weighted by molar-refractivity contribution is 5.36. The van der Waals surface area contributed by atoms with Crippen molar-refractivity contribution in [1.29, 1.82) is 0 Å². The number of methoxy groups -OCH3 is 1. The average molecular weight is 223 g/mol. The Balaban J connectivity index is 2.61. The molecule has 90 valence electrons. The Hall–Kier alpha value is -1.16. The van der Waals surface area contributed by atoms with Gasteiger partial charge in [0, 0.05) is 31.5 Å². The molecule has 0 saturated carbocycles. The smallest absolute Gasteiger partial charge is 0.130 e. The van der Waals surface area contributed by atoms with E-state index in [1.165, 1.54) is 0 Å². The molecule has 1 aromatic heterocycles. The van der Waals surface area contributed by atoms with E-state index in [0.717, 1.165) is 36.8 Å². The molecule has 4 heteroatoms.